The maximum Gasteiger partial charge on any atom is 0.0433 e. The second kappa shape index (κ2) is 9.40. The Kier molecular flexibility index (Phi) is 9.64. The zero-order valence-electron chi connectivity index (χ0n) is 8.13. The Morgan fingerprint density at radius 3 is 2.42 bits per heavy atom. The van der Waals surface area contributed by atoms with E-state index in [1.54, 1.807) is 0 Å². The molecule has 1 N–H and O–H groups in total. The van der Waals surface area contributed by atoms with Gasteiger partial charge in [0, 0.05) is 6.61 Å². The standard InChI is InChI=1S/C10H22OS/c1-2-10(7-8-11)6-4-3-5-9-12/h10-12H,2-9H2,1H3. The molecule has 0 fully saturated rings. The van der Waals surface area contributed by atoms with E-state index in [4.69, 9.17) is 5.11 Å². The molecule has 1 atom stereocenters. The van der Waals surface area contributed by atoms with Crippen LogP contribution in [-0.2, 0) is 0 Å². The highest BCUT2D eigenvalue weighted by atomic mass is 32.1. The summed E-state index contributed by atoms with van der Waals surface area (Å²) in [6, 6.07) is 0. The third-order valence-corrected chi connectivity index (χ3v) is 2.70. The van der Waals surface area contributed by atoms with Crippen LogP contribution in [-0.4, -0.2) is 17.5 Å². The normalized spacial score (nSPS) is 13.2. The van der Waals surface area contributed by atoms with E-state index in [1.807, 2.05) is 0 Å². The monoisotopic (exact) mass is 190 g/mol. The van der Waals surface area contributed by atoms with Crippen LogP contribution >= 0.6 is 12.6 Å². The van der Waals surface area contributed by atoms with Crippen molar-refractivity contribution in [3.63, 3.8) is 0 Å². The van der Waals surface area contributed by atoms with Crippen molar-refractivity contribution in [2.75, 3.05) is 12.4 Å². The quantitative estimate of drug-likeness (QED) is 0.445. The average molecular weight is 190 g/mol. The second-order valence-electron chi connectivity index (χ2n) is 3.36. The van der Waals surface area contributed by atoms with Crippen LogP contribution in [0.25, 0.3) is 0 Å². The van der Waals surface area contributed by atoms with E-state index in [9.17, 15) is 0 Å². The SMILES string of the molecule is CCC(CCO)CCCCCS. The van der Waals surface area contributed by atoms with Gasteiger partial charge in [-0.15, -0.1) is 0 Å². The predicted molar refractivity (Wildman–Crippen MR) is 57.8 cm³/mol. The Bertz CT molecular complexity index is 85.9. The highest BCUT2D eigenvalue weighted by Crippen LogP contribution is 2.16. The van der Waals surface area contributed by atoms with Gasteiger partial charge in [0.15, 0.2) is 0 Å². The Morgan fingerprint density at radius 1 is 1.17 bits per heavy atom. The van der Waals surface area contributed by atoms with Crippen molar-refractivity contribution >= 4 is 12.6 Å². The van der Waals surface area contributed by atoms with Gasteiger partial charge in [-0.05, 0) is 24.5 Å². The van der Waals surface area contributed by atoms with E-state index in [2.05, 4.69) is 19.6 Å². The lowest BCUT2D eigenvalue weighted by atomic mass is 9.96. The summed E-state index contributed by atoms with van der Waals surface area (Å²) in [5.74, 6) is 1.76. The first-order chi connectivity index (χ1) is 5.85. The Labute approximate surface area is 82.0 Å². The molecule has 1 unspecified atom stereocenters. The minimum atomic E-state index is 0.352. The summed E-state index contributed by atoms with van der Waals surface area (Å²) < 4.78 is 0. The summed E-state index contributed by atoms with van der Waals surface area (Å²) in [6.07, 6.45) is 7.31. The van der Waals surface area contributed by atoms with Gasteiger partial charge in [-0.1, -0.05) is 32.6 Å². The van der Waals surface area contributed by atoms with Crippen LogP contribution < -0.4 is 0 Å². The predicted octanol–water partition coefficient (Wildman–Crippen LogP) is 2.89. The molecule has 0 aliphatic carbocycles. The molecular weight excluding hydrogens is 168 g/mol. The summed E-state index contributed by atoms with van der Waals surface area (Å²) in [6.45, 7) is 2.56. The molecule has 0 heterocycles. The summed E-state index contributed by atoms with van der Waals surface area (Å²) in [5.41, 5.74) is 0. The summed E-state index contributed by atoms with van der Waals surface area (Å²) >= 11 is 4.17. The van der Waals surface area contributed by atoms with E-state index in [1.165, 1.54) is 32.1 Å². The molecule has 0 bridgehead atoms. The maximum absolute atomic E-state index is 8.76. The Hall–Kier alpha value is 0.310. The van der Waals surface area contributed by atoms with Gasteiger partial charge in [0.2, 0.25) is 0 Å². The van der Waals surface area contributed by atoms with Crippen LogP contribution in [0.4, 0.5) is 0 Å². The first kappa shape index (κ1) is 12.3. The van der Waals surface area contributed by atoms with E-state index >= 15 is 0 Å². The molecule has 2 heteroatoms. The number of thiol groups is 1. The number of unbranched alkanes of at least 4 members (excludes halogenated alkanes) is 2. The molecule has 0 rings (SSSR count). The Balaban J connectivity index is 3.19. The lowest BCUT2D eigenvalue weighted by molar-refractivity contribution is 0.247. The van der Waals surface area contributed by atoms with Gasteiger partial charge < -0.3 is 5.11 Å². The number of hydrogen-bond acceptors (Lipinski definition) is 2. The van der Waals surface area contributed by atoms with Crippen molar-refractivity contribution in [3.05, 3.63) is 0 Å². The molecule has 0 aliphatic heterocycles. The molecule has 1 nitrogen and oxygen atoms in total. The fourth-order valence-electron chi connectivity index (χ4n) is 1.46. The first-order valence-corrected chi connectivity index (χ1v) is 5.70. The number of aliphatic hydroxyl groups excluding tert-OH is 1. The molecule has 0 spiro atoms. The lowest BCUT2D eigenvalue weighted by Gasteiger charge is -2.12. The Morgan fingerprint density at radius 2 is 1.92 bits per heavy atom. The third-order valence-electron chi connectivity index (χ3n) is 2.39. The van der Waals surface area contributed by atoms with Crippen molar-refractivity contribution in [1.29, 1.82) is 0 Å². The number of hydrogen-bond donors (Lipinski definition) is 2. The minimum Gasteiger partial charge on any atom is -0.396 e. The van der Waals surface area contributed by atoms with E-state index < -0.39 is 0 Å². The zero-order valence-corrected chi connectivity index (χ0v) is 9.02. The zero-order chi connectivity index (χ0) is 9.23. The van der Waals surface area contributed by atoms with Crippen LogP contribution in [0.3, 0.4) is 0 Å². The van der Waals surface area contributed by atoms with E-state index in [0.717, 1.165) is 18.1 Å². The van der Waals surface area contributed by atoms with Crippen LogP contribution in [0.5, 0.6) is 0 Å². The maximum atomic E-state index is 8.76. The summed E-state index contributed by atoms with van der Waals surface area (Å²) in [7, 11) is 0. The highest BCUT2D eigenvalue weighted by molar-refractivity contribution is 7.80. The van der Waals surface area contributed by atoms with E-state index in [-0.39, 0.29) is 0 Å². The van der Waals surface area contributed by atoms with Crippen LogP contribution in [0.2, 0.25) is 0 Å². The molecule has 0 saturated heterocycles. The van der Waals surface area contributed by atoms with Gasteiger partial charge in [-0.3, -0.25) is 0 Å². The topological polar surface area (TPSA) is 20.2 Å². The summed E-state index contributed by atoms with van der Waals surface area (Å²) in [5, 5.41) is 8.76. The second-order valence-corrected chi connectivity index (χ2v) is 3.81. The van der Waals surface area contributed by atoms with Gasteiger partial charge >= 0.3 is 0 Å². The van der Waals surface area contributed by atoms with Crippen LogP contribution in [0, 0.1) is 5.92 Å². The van der Waals surface area contributed by atoms with Gasteiger partial charge in [-0.2, -0.15) is 12.6 Å². The highest BCUT2D eigenvalue weighted by Gasteiger charge is 2.04. The van der Waals surface area contributed by atoms with Crippen molar-refractivity contribution < 1.29 is 5.11 Å². The van der Waals surface area contributed by atoms with Gasteiger partial charge in [0.1, 0.15) is 0 Å². The molecule has 0 aromatic carbocycles. The molecule has 0 amide bonds. The largest absolute Gasteiger partial charge is 0.396 e. The molecule has 0 radical (unpaired) electrons. The molecule has 12 heavy (non-hydrogen) atoms. The number of rotatable bonds is 8. The fraction of sp³-hybridized carbons (Fsp3) is 1.00. The third kappa shape index (κ3) is 6.99. The van der Waals surface area contributed by atoms with E-state index in [0.29, 0.717) is 6.61 Å². The smallest absolute Gasteiger partial charge is 0.0433 e. The van der Waals surface area contributed by atoms with Gasteiger partial charge in [0.25, 0.3) is 0 Å². The van der Waals surface area contributed by atoms with Crippen molar-refractivity contribution in [3.8, 4) is 0 Å². The fourth-order valence-corrected chi connectivity index (χ4v) is 1.68. The van der Waals surface area contributed by atoms with Crippen molar-refractivity contribution in [2.24, 2.45) is 5.92 Å². The summed E-state index contributed by atoms with van der Waals surface area (Å²) in [4.78, 5) is 0. The van der Waals surface area contributed by atoms with Crippen molar-refractivity contribution in [1.82, 2.24) is 0 Å². The molecule has 0 aromatic heterocycles. The lowest BCUT2D eigenvalue weighted by Crippen LogP contribution is -2.01. The molecule has 0 aromatic rings. The molecule has 0 saturated carbocycles. The van der Waals surface area contributed by atoms with Gasteiger partial charge in [0.05, 0.1) is 0 Å². The minimum absolute atomic E-state index is 0.352. The molecule has 74 valence electrons. The molecular formula is C10H22OS. The number of aliphatic hydroxyl groups is 1. The van der Waals surface area contributed by atoms with Crippen LogP contribution in [0.1, 0.15) is 45.4 Å². The van der Waals surface area contributed by atoms with Gasteiger partial charge in [-0.25, -0.2) is 0 Å². The first-order valence-electron chi connectivity index (χ1n) is 5.06. The van der Waals surface area contributed by atoms with Crippen LogP contribution in [0.15, 0.2) is 0 Å². The van der Waals surface area contributed by atoms with Crippen molar-refractivity contribution in [2.45, 2.75) is 45.4 Å². The molecule has 0 aliphatic rings. The average Bonchev–Trinajstić information content (AvgIpc) is 2.10.